The van der Waals surface area contributed by atoms with Crippen molar-refractivity contribution in [3.8, 4) is 5.75 Å². The van der Waals surface area contributed by atoms with E-state index in [-0.39, 0.29) is 29.7 Å². The molecule has 0 spiro atoms. The number of amides is 2. The van der Waals surface area contributed by atoms with E-state index in [1.165, 1.54) is 30.2 Å². The lowest BCUT2D eigenvalue weighted by Crippen LogP contribution is -2.51. The number of hydrogen-bond acceptors (Lipinski definition) is 7. The summed E-state index contributed by atoms with van der Waals surface area (Å²) in [7, 11) is -2.49. The maximum Gasteiger partial charge on any atom is 0.271 e. The fourth-order valence-electron chi connectivity index (χ4n) is 3.38. The van der Waals surface area contributed by atoms with Crippen molar-refractivity contribution >= 4 is 33.2 Å². The highest BCUT2D eigenvalue weighted by atomic mass is 32.2. The first-order chi connectivity index (χ1) is 16.8. The SMILES string of the molecule is COc1cccc(CN(C(=O)CN(c2cccc([N+](=O)[O-])c2)S(C)(=O)=O)[C@@H](C)C(=O)NCC(C)C)c1. The molecule has 0 aliphatic carbocycles. The van der Waals surface area contributed by atoms with Gasteiger partial charge < -0.3 is 15.0 Å². The molecule has 0 fully saturated rings. The van der Waals surface area contributed by atoms with Crippen molar-refractivity contribution in [3.63, 3.8) is 0 Å². The van der Waals surface area contributed by atoms with E-state index in [1.54, 1.807) is 31.2 Å². The predicted octanol–water partition coefficient (Wildman–Crippen LogP) is 2.56. The highest BCUT2D eigenvalue weighted by Crippen LogP contribution is 2.24. The standard InChI is InChI=1S/C24H32N4O7S/c1-17(2)14-25-24(30)18(3)26(15-19-8-6-11-22(12-19)35-4)23(29)16-27(36(5,33)34)20-9-7-10-21(13-20)28(31)32/h6-13,17-18H,14-16H2,1-5H3,(H,25,30)/t18-/m0/s1. The third kappa shape index (κ3) is 7.94. The normalized spacial score (nSPS) is 12.1. The minimum Gasteiger partial charge on any atom is -0.497 e. The van der Waals surface area contributed by atoms with Gasteiger partial charge in [0.05, 0.1) is 24.0 Å². The number of rotatable bonds is 12. The van der Waals surface area contributed by atoms with E-state index in [1.807, 2.05) is 13.8 Å². The smallest absolute Gasteiger partial charge is 0.271 e. The van der Waals surface area contributed by atoms with Gasteiger partial charge in [0, 0.05) is 25.2 Å². The van der Waals surface area contributed by atoms with Crippen molar-refractivity contribution in [3.05, 3.63) is 64.2 Å². The molecule has 0 aliphatic heterocycles. The van der Waals surface area contributed by atoms with Crippen molar-refractivity contribution in [1.29, 1.82) is 0 Å². The van der Waals surface area contributed by atoms with Gasteiger partial charge in [0.15, 0.2) is 0 Å². The van der Waals surface area contributed by atoms with Crippen LogP contribution in [0.5, 0.6) is 5.75 Å². The zero-order chi connectivity index (χ0) is 27.0. The highest BCUT2D eigenvalue weighted by Gasteiger charge is 2.30. The van der Waals surface area contributed by atoms with E-state index < -0.39 is 33.4 Å². The van der Waals surface area contributed by atoms with Crippen molar-refractivity contribution in [2.45, 2.75) is 33.4 Å². The maximum atomic E-state index is 13.5. The number of nitro groups is 1. The third-order valence-corrected chi connectivity index (χ3v) is 6.49. The molecule has 0 heterocycles. The summed E-state index contributed by atoms with van der Waals surface area (Å²) in [6, 6.07) is 11.0. The van der Waals surface area contributed by atoms with Crippen molar-refractivity contribution < 1.29 is 27.7 Å². The zero-order valence-corrected chi connectivity index (χ0v) is 21.8. The second kappa shape index (κ2) is 12.3. The number of benzene rings is 2. The average Bonchev–Trinajstić information content (AvgIpc) is 2.83. The van der Waals surface area contributed by atoms with Crippen LogP contribution in [-0.4, -0.2) is 62.6 Å². The number of methoxy groups -OCH3 is 1. The van der Waals surface area contributed by atoms with E-state index in [2.05, 4.69) is 5.32 Å². The van der Waals surface area contributed by atoms with Crippen LogP contribution in [0.3, 0.4) is 0 Å². The van der Waals surface area contributed by atoms with Crippen molar-refractivity contribution in [2.24, 2.45) is 5.92 Å². The van der Waals surface area contributed by atoms with Gasteiger partial charge in [0.2, 0.25) is 21.8 Å². The van der Waals surface area contributed by atoms with Crippen LogP contribution in [0.4, 0.5) is 11.4 Å². The largest absolute Gasteiger partial charge is 0.497 e. The molecule has 0 radical (unpaired) electrons. The van der Waals surface area contributed by atoms with Gasteiger partial charge in [0.1, 0.15) is 18.3 Å². The first-order valence-electron chi connectivity index (χ1n) is 11.3. The summed E-state index contributed by atoms with van der Waals surface area (Å²) in [5, 5.41) is 14.0. The van der Waals surface area contributed by atoms with Gasteiger partial charge in [-0.25, -0.2) is 8.42 Å². The molecule has 0 bridgehead atoms. The number of anilines is 1. The zero-order valence-electron chi connectivity index (χ0n) is 21.0. The number of non-ortho nitro benzene ring substituents is 1. The molecule has 2 aromatic carbocycles. The van der Waals surface area contributed by atoms with Gasteiger partial charge in [-0.3, -0.25) is 24.0 Å². The van der Waals surface area contributed by atoms with Crippen LogP contribution in [0, 0.1) is 16.0 Å². The molecule has 12 heteroatoms. The number of nitrogens with zero attached hydrogens (tertiary/aromatic N) is 3. The highest BCUT2D eigenvalue weighted by molar-refractivity contribution is 7.92. The predicted molar refractivity (Wildman–Crippen MR) is 136 cm³/mol. The molecular formula is C24H32N4O7S. The Morgan fingerprint density at radius 3 is 2.36 bits per heavy atom. The maximum absolute atomic E-state index is 13.5. The van der Waals surface area contributed by atoms with Crippen LogP contribution in [-0.2, 0) is 26.2 Å². The van der Waals surface area contributed by atoms with Gasteiger partial charge in [-0.2, -0.15) is 0 Å². The van der Waals surface area contributed by atoms with E-state index in [9.17, 15) is 28.1 Å². The third-order valence-electron chi connectivity index (χ3n) is 5.35. The first-order valence-corrected chi connectivity index (χ1v) is 13.1. The Hall–Kier alpha value is -3.67. The molecular weight excluding hydrogens is 488 g/mol. The van der Waals surface area contributed by atoms with Gasteiger partial charge >= 0.3 is 0 Å². The molecule has 2 amide bonds. The fourth-order valence-corrected chi connectivity index (χ4v) is 4.22. The number of nitrogens with one attached hydrogen (secondary N) is 1. The summed E-state index contributed by atoms with van der Waals surface area (Å²) in [6.45, 7) is 5.21. The Labute approximate surface area is 211 Å². The number of hydrogen-bond donors (Lipinski definition) is 1. The number of carbonyl (C=O) groups is 2. The molecule has 2 rings (SSSR count). The number of sulfonamides is 1. The molecule has 11 nitrogen and oxygen atoms in total. The van der Waals surface area contributed by atoms with Gasteiger partial charge in [-0.05, 0) is 36.6 Å². The summed E-state index contributed by atoms with van der Waals surface area (Å²) in [5.74, 6) is -0.285. The van der Waals surface area contributed by atoms with E-state index in [0.717, 1.165) is 16.6 Å². The van der Waals surface area contributed by atoms with E-state index in [4.69, 9.17) is 4.74 Å². The lowest BCUT2D eigenvalue weighted by molar-refractivity contribution is -0.384. The lowest BCUT2D eigenvalue weighted by atomic mass is 10.1. The van der Waals surface area contributed by atoms with Crippen LogP contribution in [0.2, 0.25) is 0 Å². The molecule has 0 unspecified atom stereocenters. The Morgan fingerprint density at radius 1 is 1.11 bits per heavy atom. The minimum atomic E-state index is -4.00. The lowest BCUT2D eigenvalue weighted by Gasteiger charge is -2.31. The Bertz CT molecular complexity index is 1200. The molecule has 1 N–H and O–H groups in total. The topological polar surface area (TPSA) is 139 Å². The van der Waals surface area contributed by atoms with Crippen LogP contribution < -0.4 is 14.4 Å². The molecule has 0 aliphatic rings. The van der Waals surface area contributed by atoms with Gasteiger partial charge in [0.25, 0.3) is 5.69 Å². The molecule has 0 saturated heterocycles. The van der Waals surface area contributed by atoms with E-state index >= 15 is 0 Å². The van der Waals surface area contributed by atoms with Crippen LogP contribution >= 0.6 is 0 Å². The Kier molecular flexibility index (Phi) is 9.79. The summed E-state index contributed by atoms with van der Waals surface area (Å²) in [5.41, 5.74) is 0.328. The molecule has 196 valence electrons. The van der Waals surface area contributed by atoms with Crippen LogP contribution in [0.25, 0.3) is 0 Å². The number of carbonyl (C=O) groups excluding carboxylic acids is 2. The second-order valence-corrected chi connectivity index (χ2v) is 10.6. The number of ether oxygens (including phenoxy) is 1. The van der Waals surface area contributed by atoms with Crippen LogP contribution in [0.1, 0.15) is 26.3 Å². The summed E-state index contributed by atoms with van der Waals surface area (Å²) in [6.07, 6.45) is 0.907. The Balaban J connectivity index is 2.42. The molecule has 36 heavy (non-hydrogen) atoms. The number of nitro benzene ring substituents is 1. The first kappa shape index (κ1) is 28.6. The quantitative estimate of drug-likeness (QED) is 0.335. The minimum absolute atomic E-state index is 0.0127. The second-order valence-electron chi connectivity index (χ2n) is 8.73. The van der Waals surface area contributed by atoms with E-state index in [0.29, 0.717) is 17.9 Å². The fraction of sp³-hybridized carbons (Fsp3) is 0.417. The van der Waals surface area contributed by atoms with Gasteiger partial charge in [-0.1, -0.05) is 32.0 Å². The summed E-state index contributed by atoms with van der Waals surface area (Å²) < 4.78 is 31.2. The molecule has 0 saturated carbocycles. The summed E-state index contributed by atoms with van der Waals surface area (Å²) in [4.78, 5) is 38.2. The molecule has 1 atom stereocenters. The Morgan fingerprint density at radius 2 is 1.78 bits per heavy atom. The average molecular weight is 521 g/mol. The van der Waals surface area contributed by atoms with Crippen LogP contribution in [0.15, 0.2) is 48.5 Å². The summed E-state index contributed by atoms with van der Waals surface area (Å²) >= 11 is 0. The van der Waals surface area contributed by atoms with Gasteiger partial charge in [-0.15, -0.1) is 0 Å². The van der Waals surface area contributed by atoms with Crippen molar-refractivity contribution in [1.82, 2.24) is 10.2 Å². The monoisotopic (exact) mass is 520 g/mol. The molecule has 2 aromatic rings. The molecule has 0 aromatic heterocycles. The van der Waals surface area contributed by atoms with Crippen molar-refractivity contribution in [2.75, 3.05) is 30.8 Å².